The topological polar surface area (TPSA) is 3.88 Å². The van der Waals surface area contributed by atoms with E-state index in [1.54, 1.807) is 5.56 Å². The van der Waals surface area contributed by atoms with Gasteiger partial charge in [-0.3, -0.25) is 0 Å². The summed E-state index contributed by atoms with van der Waals surface area (Å²) in [6.07, 6.45) is 14.4. The van der Waals surface area contributed by atoms with Gasteiger partial charge in [-0.25, -0.2) is 0 Å². The molecule has 0 saturated heterocycles. The summed E-state index contributed by atoms with van der Waals surface area (Å²) in [6.45, 7) is 0. The molecular weight excluding hydrogens is 338 g/mol. The van der Waals surface area contributed by atoms with Gasteiger partial charge in [0.2, 0.25) is 11.0 Å². The number of pyridine rings is 1. The van der Waals surface area contributed by atoms with Crippen LogP contribution in [0.5, 0.6) is 0 Å². The van der Waals surface area contributed by atoms with E-state index in [1.165, 1.54) is 86.0 Å². The molecule has 5 rings (SSSR count). The Morgan fingerprint density at radius 1 is 0.643 bits per heavy atom. The number of fused-ring (bicyclic) bond motifs is 2. The van der Waals surface area contributed by atoms with Gasteiger partial charge in [0, 0.05) is 12.1 Å². The Labute approximate surface area is 169 Å². The first-order valence-corrected chi connectivity index (χ1v) is 11.6. The molecular formula is C27H34N+. The second-order valence-electron chi connectivity index (χ2n) is 9.33. The van der Waals surface area contributed by atoms with Crippen LogP contribution in [-0.2, 0) is 7.05 Å². The Kier molecular flexibility index (Phi) is 5.09. The zero-order valence-corrected chi connectivity index (χ0v) is 17.4. The molecule has 3 aromatic rings. The first-order valence-electron chi connectivity index (χ1n) is 11.6. The van der Waals surface area contributed by atoms with Crippen LogP contribution in [0, 0.1) is 11.8 Å². The molecule has 1 nitrogen and oxygen atoms in total. The molecule has 2 aliphatic rings. The van der Waals surface area contributed by atoms with E-state index in [0.29, 0.717) is 0 Å². The van der Waals surface area contributed by atoms with Crippen LogP contribution in [-0.4, -0.2) is 0 Å². The fourth-order valence-corrected chi connectivity index (χ4v) is 6.46. The maximum Gasteiger partial charge on any atom is 0.213 e. The van der Waals surface area contributed by atoms with Crippen LogP contribution in [0.25, 0.3) is 21.8 Å². The molecule has 2 saturated carbocycles. The Morgan fingerprint density at radius 3 is 1.54 bits per heavy atom. The summed E-state index contributed by atoms with van der Waals surface area (Å²) in [5.41, 5.74) is 4.48. The summed E-state index contributed by atoms with van der Waals surface area (Å²) < 4.78 is 2.41. The Bertz CT molecular complexity index is 886. The van der Waals surface area contributed by atoms with Gasteiger partial charge in [0.1, 0.15) is 7.05 Å². The van der Waals surface area contributed by atoms with Crippen molar-refractivity contribution >= 4 is 21.8 Å². The van der Waals surface area contributed by atoms with Gasteiger partial charge in [-0.2, -0.15) is 4.57 Å². The monoisotopic (exact) mass is 372 g/mol. The van der Waals surface area contributed by atoms with Crippen molar-refractivity contribution in [3.8, 4) is 0 Å². The molecule has 0 amide bonds. The van der Waals surface area contributed by atoms with Crippen LogP contribution in [0.1, 0.15) is 75.7 Å². The minimum Gasteiger partial charge on any atom is -0.194 e. The van der Waals surface area contributed by atoms with E-state index in [-0.39, 0.29) is 0 Å². The van der Waals surface area contributed by atoms with Gasteiger partial charge >= 0.3 is 0 Å². The summed E-state index contributed by atoms with van der Waals surface area (Å²) in [4.78, 5) is 0. The molecule has 1 heterocycles. The Hall–Kier alpha value is -1.89. The van der Waals surface area contributed by atoms with E-state index in [2.05, 4.69) is 60.1 Å². The number of nitrogens with zero attached hydrogens (tertiary/aromatic N) is 1. The highest BCUT2D eigenvalue weighted by Gasteiger charge is 2.36. The highest BCUT2D eigenvalue weighted by atomic mass is 14.9. The second-order valence-corrected chi connectivity index (χ2v) is 9.33. The molecule has 0 bridgehead atoms. The summed E-state index contributed by atoms with van der Waals surface area (Å²) in [5.74, 6) is 2.48. The average molecular weight is 373 g/mol. The lowest BCUT2D eigenvalue weighted by molar-refractivity contribution is -0.617. The van der Waals surface area contributed by atoms with Crippen LogP contribution >= 0.6 is 0 Å². The zero-order chi connectivity index (χ0) is 18.9. The lowest BCUT2D eigenvalue weighted by atomic mass is 9.66. The zero-order valence-electron chi connectivity index (χ0n) is 17.4. The van der Waals surface area contributed by atoms with Crippen molar-refractivity contribution in [2.45, 2.75) is 70.1 Å². The van der Waals surface area contributed by atoms with Crippen molar-refractivity contribution in [2.24, 2.45) is 18.9 Å². The van der Waals surface area contributed by atoms with Crippen molar-refractivity contribution in [1.29, 1.82) is 0 Å². The summed E-state index contributed by atoms with van der Waals surface area (Å²) >= 11 is 0. The maximum atomic E-state index is 2.41. The molecule has 1 aromatic heterocycles. The highest BCUT2D eigenvalue weighted by Crippen LogP contribution is 2.48. The molecule has 2 aromatic carbocycles. The van der Waals surface area contributed by atoms with Crippen molar-refractivity contribution in [3.05, 3.63) is 54.1 Å². The fraction of sp³-hybridized carbons (Fsp3) is 0.519. The molecule has 0 unspecified atom stereocenters. The van der Waals surface area contributed by atoms with Crippen LogP contribution in [0.15, 0.2) is 48.5 Å². The molecule has 2 aliphatic carbocycles. The van der Waals surface area contributed by atoms with E-state index >= 15 is 0 Å². The molecule has 1 heteroatoms. The van der Waals surface area contributed by atoms with Gasteiger partial charge in [0.25, 0.3) is 0 Å². The van der Waals surface area contributed by atoms with Gasteiger partial charge in [-0.05, 0) is 61.1 Å². The van der Waals surface area contributed by atoms with Crippen LogP contribution in [0.3, 0.4) is 0 Å². The van der Waals surface area contributed by atoms with Crippen molar-refractivity contribution in [2.75, 3.05) is 0 Å². The van der Waals surface area contributed by atoms with Gasteiger partial charge in [-0.15, -0.1) is 0 Å². The van der Waals surface area contributed by atoms with E-state index in [0.717, 1.165) is 17.8 Å². The van der Waals surface area contributed by atoms with E-state index in [4.69, 9.17) is 0 Å². The maximum absolute atomic E-state index is 2.41. The molecule has 0 atom stereocenters. The molecule has 28 heavy (non-hydrogen) atoms. The number of hydrogen-bond donors (Lipinski definition) is 0. The van der Waals surface area contributed by atoms with Gasteiger partial charge in [-0.1, -0.05) is 62.8 Å². The van der Waals surface area contributed by atoms with Crippen molar-refractivity contribution < 1.29 is 4.57 Å². The summed E-state index contributed by atoms with van der Waals surface area (Å²) in [6, 6.07) is 18.4. The van der Waals surface area contributed by atoms with E-state index in [1.807, 2.05) is 0 Å². The predicted molar refractivity (Wildman–Crippen MR) is 119 cm³/mol. The Balaban J connectivity index is 1.78. The second kappa shape index (κ2) is 7.85. The SMILES string of the molecule is C[n+]1c2ccccc2c(C(C2CCCCC2)C2CCCCC2)c2ccccc21. The number of benzene rings is 2. The third-order valence-electron chi connectivity index (χ3n) is 7.76. The van der Waals surface area contributed by atoms with Crippen molar-refractivity contribution in [3.63, 3.8) is 0 Å². The van der Waals surface area contributed by atoms with Gasteiger partial charge in [0.05, 0.1) is 10.8 Å². The standard InChI is InChI=1S/C27H34N/c1-28-24-18-10-8-16-22(24)27(23-17-9-11-19-25(23)28)26(20-12-4-2-5-13-20)21-14-6-3-7-15-21/h8-11,16-21,26H,2-7,12-15H2,1H3/q+1. The molecule has 0 N–H and O–H groups in total. The Morgan fingerprint density at radius 2 is 1.07 bits per heavy atom. The highest BCUT2D eigenvalue weighted by molar-refractivity contribution is 5.94. The first kappa shape index (κ1) is 18.2. The lowest BCUT2D eigenvalue weighted by Crippen LogP contribution is -2.33. The first-order chi connectivity index (χ1) is 13.8. The minimum absolute atomic E-state index is 0.733. The predicted octanol–water partition coefficient (Wildman–Crippen LogP) is 7.06. The molecule has 2 fully saturated rings. The quantitative estimate of drug-likeness (QED) is 0.342. The van der Waals surface area contributed by atoms with Crippen LogP contribution in [0.2, 0.25) is 0 Å². The largest absolute Gasteiger partial charge is 0.213 e. The van der Waals surface area contributed by atoms with E-state index in [9.17, 15) is 0 Å². The number of aryl methyl sites for hydroxylation is 1. The molecule has 0 spiro atoms. The average Bonchev–Trinajstić information content (AvgIpc) is 2.78. The number of rotatable bonds is 3. The van der Waals surface area contributed by atoms with Gasteiger partial charge in [0.15, 0.2) is 0 Å². The molecule has 146 valence electrons. The third kappa shape index (κ3) is 3.13. The van der Waals surface area contributed by atoms with Crippen LogP contribution < -0.4 is 4.57 Å². The number of aromatic nitrogens is 1. The molecule has 0 radical (unpaired) electrons. The number of para-hydroxylation sites is 2. The van der Waals surface area contributed by atoms with E-state index < -0.39 is 0 Å². The van der Waals surface area contributed by atoms with Crippen LogP contribution in [0.4, 0.5) is 0 Å². The number of hydrogen-bond acceptors (Lipinski definition) is 0. The normalized spacial score (nSPS) is 19.6. The van der Waals surface area contributed by atoms with Gasteiger partial charge < -0.3 is 0 Å². The fourth-order valence-electron chi connectivity index (χ4n) is 6.46. The lowest BCUT2D eigenvalue weighted by Gasteiger charge is -2.39. The van der Waals surface area contributed by atoms with Crippen molar-refractivity contribution in [1.82, 2.24) is 0 Å². The third-order valence-corrected chi connectivity index (χ3v) is 7.76. The molecule has 0 aliphatic heterocycles. The summed E-state index contributed by atoms with van der Waals surface area (Å²) in [5, 5.41) is 3.01. The minimum atomic E-state index is 0.733. The smallest absolute Gasteiger partial charge is 0.194 e. The summed E-state index contributed by atoms with van der Waals surface area (Å²) in [7, 11) is 2.24.